The molecule has 0 bridgehead atoms. The zero-order chi connectivity index (χ0) is 14.5. The molecule has 0 aliphatic carbocycles. The second-order valence-electron chi connectivity index (χ2n) is 5.85. The third-order valence-corrected chi connectivity index (χ3v) is 4.09. The summed E-state index contributed by atoms with van der Waals surface area (Å²) in [4.78, 5) is 4.85. The lowest BCUT2D eigenvalue weighted by Gasteiger charge is -2.32. The average molecular weight is 291 g/mol. The lowest BCUT2D eigenvalue weighted by molar-refractivity contribution is 0.0624. The minimum atomic E-state index is 0.118. The molecule has 1 unspecified atom stereocenters. The smallest absolute Gasteiger partial charge is 0.161 e. The van der Waals surface area contributed by atoms with Crippen LogP contribution in [0.1, 0.15) is 0 Å². The summed E-state index contributed by atoms with van der Waals surface area (Å²) in [7, 11) is 2.16. The van der Waals surface area contributed by atoms with Gasteiger partial charge in [-0.05, 0) is 19.2 Å². The Morgan fingerprint density at radius 1 is 1.24 bits per heavy atom. The minimum Gasteiger partial charge on any atom is -0.486 e. The summed E-state index contributed by atoms with van der Waals surface area (Å²) in [5.41, 5.74) is 0. The Balaban J connectivity index is 1.42. The molecule has 0 amide bonds. The largest absolute Gasteiger partial charge is 0.486 e. The van der Waals surface area contributed by atoms with Crippen molar-refractivity contribution in [2.75, 3.05) is 59.5 Å². The van der Waals surface area contributed by atoms with Gasteiger partial charge in [0.15, 0.2) is 11.5 Å². The molecule has 0 saturated carbocycles. The zero-order valence-corrected chi connectivity index (χ0v) is 12.8. The van der Waals surface area contributed by atoms with E-state index in [1.54, 1.807) is 0 Å². The van der Waals surface area contributed by atoms with Gasteiger partial charge in [0, 0.05) is 45.8 Å². The number of nitrogens with zero attached hydrogens (tertiary/aromatic N) is 2. The summed E-state index contributed by atoms with van der Waals surface area (Å²) in [6.07, 6.45) is 0.118. The Hall–Kier alpha value is -1.30. The van der Waals surface area contributed by atoms with E-state index >= 15 is 0 Å². The van der Waals surface area contributed by atoms with Gasteiger partial charge in [0.25, 0.3) is 0 Å². The van der Waals surface area contributed by atoms with Crippen LogP contribution in [0.4, 0.5) is 0 Å². The summed E-state index contributed by atoms with van der Waals surface area (Å²) in [5, 5.41) is 3.39. The van der Waals surface area contributed by atoms with Gasteiger partial charge in [0.1, 0.15) is 12.7 Å². The second-order valence-corrected chi connectivity index (χ2v) is 5.85. The molecule has 2 aliphatic heterocycles. The van der Waals surface area contributed by atoms with Crippen LogP contribution in [0.25, 0.3) is 0 Å². The summed E-state index contributed by atoms with van der Waals surface area (Å²) < 4.78 is 11.8. The van der Waals surface area contributed by atoms with Crippen LogP contribution in [0.5, 0.6) is 11.5 Å². The summed E-state index contributed by atoms with van der Waals surface area (Å²) in [6, 6.07) is 7.89. The number of para-hydroxylation sites is 2. The van der Waals surface area contributed by atoms with Crippen molar-refractivity contribution in [1.82, 2.24) is 15.1 Å². The molecule has 2 aliphatic rings. The highest BCUT2D eigenvalue weighted by Gasteiger charge is 2.22. The molecule has 1 aromatic rings. The average Bonchev–Trinajstić information content (AvgIpc) is 2.54. The molecule has 2 heterocycles. The van der Waals surface area contributed by atoms with E-state index in [-0.39, 0.29) is 6.10 Å². The van der Waals surface area contributed by atoms with Crippen molar-refractivity contribution in [2.45, 2.75) is 6.10 Å². The monoisotopic (exact) mass is 291 g/mol. The maximum Gasteiger partial charge on any atom is 0.161 e. The first-order chi connectivity index (χ1) is 10.3. The number of hydrogen-bond donors (Lipinski definition) is 1. The van der Waals surface area contributed by atoms with Gasteiger partial charge in [0.2, 0.25) is 0 Å². The Morgan fingerprint density at radius 2 is 2.00 bits per heavy atom. The highest BCUT2D eigenvalue weighted by atomic mass is 16.6. The van der Waals surface area contributed by atoms with E-state index in [1.807, 2.05) is 24.3 Å². The van der Waals surface area contributed by atoms with Gasteiger partial charge in [-0.15, -0.1) is 0 Å². The molecule has 1 fully saturated rings. The Labute approximate surface area is 126 Å². The highest BCUT2D eigenvalue weighted by molar-refractivity contribution is 5.40. The topological polar surface area (TPSA) is 37.0 Å². The Bertz CT molecular complexity index is 449. The first kappa shape index (κ1) is 14.6. The number of rotatable bonds is 5. The van der Waals surface area contributed by atoms with Crippen molar-refractivity contribution in [3.8, 4) is 11.5 Å². The van der Waals surface area contributed by atoms with Crippen LogP contribution in [0.3, 0.4) is 0 Å². The molecule has 0 aromatic heterocycles. The number of ether oxygens (including phenoxy) is 2. The van der Waals surface area contributed by atoms with Crippen LogP contribution >= 0.6 is 0 Å². The standard InChI is InChI=1S/C16H25N3O2/c1-18(10-11-19-8-6-17-7-9-19)12-14-13-20-15-4-2-3-5-16(15)21-14/h2-5,14,17H,6-13H2,1H3. The molecule has 0 radical (unpaired) electrons. The normalized spacial score (nSPS) is 22.5. The molecular formula is C16H25N3O2. The molecule has 0 spiro atoms. The van der Waals surface area contributed by atoms with Crippen LogP contribution in [-0.4, -0.2) is 75.4 Å². The molecule has 1 N–H and O–H groups in total. The van der Waals surface area contributed by atoms with Crippen molar-refractivity contribution in [3.05, 3.63) is 24.3 Å². The first-order valence-corrected chi connectivity index (χ1v) is 7.81. The molecule has 3 rings (SSSR count). The van der Waals surface area contributed by atoms with Crippen LogP contribution in [0.2, 0.25) is 0 Å². The number of benzene rings is 1. The molecule has 5 nitrogen and oxygen atoms in total. The number of nitrogens with one attached hydrogen (secondary N) is 1. The predicted octanol–water partition coefficient (Wildman–Crippen LogP) is 0.663. The Morgan fingerprint density at radius 3 is 2.81 bits per heavy atom. The van der Waals surface area contributed by atoms with E-state index < -0.39 is 0 Å². The maximum absolute atomic E-state index is 6.00. The summed E-state index contributed by atoms with van der Waals surface area (Å²) in [5.74, 6) is 1.72. The van der Waals surface area contributed by atoms with Gasteiger partial charge in [-0.1, -0.05) is 12.1 Å². The number of likely N-dealkylation sites (N-methyl/N-ethyl adjacent to an activating group) is 1. The van der Waals surface area contributed by atoms with E-state index in [2.05, 4.69) is 22.2 Å². The summed E-state index contributed by atoms with van der Waals surface area (Å²) in [6.45, 7) is 8.27. The molecular weight excluding hydrogens is 266 g/mol. The third kappa shape index (κ3) is 4.09. The number of piperazine rings is 1. The second kappa shape index (κ2) is 7.11. The molecule has 1 saturated heterocycles. The fourth-order valence-corrected chi connectivity index (χ4v) is 2.84. The van der Waals surface area contributed by atoms with Crippen LogP contribution in [-0.2, 0) is 0 Å². The number of hydrogen-bond acceptors (Lipinski definition) is 5. The van der Waals surface area contributed by atoms with Gasteiger partial charge >= 0.3 is 0 Å². The van der Waals surface area contributed by atoms with Gasteiger partial charge in [-0.2, -0.15) is 0 Å². The van der Waals surface area contributed by atoms with Crippen LogP contribution < -0.4 is 14.8 Å². The molecule has 1 aromatic carbocycles. The number of fused-ring (bicyclic) bond motifs is 1. The fraction of sp³-hybridized carbons (Fsp3) is 0.625. The van der Waals surface area contributed by atoms with E-state index in [0.717, 1.165) is 57.3 Å². The van der Waals surface area contributed by atoms with E-state index in [1.165, 1.54) is 0 Å². The maximum atomic E-state index is 6.00. The molecule has 5 heteroatoms. The van der Waals surface area contributed by atoms with Crippen molar-refractivity contribution < 1.29 is 9.47 Å². The van der Waals surface area contributed by atoms with E-state index in [4.69, 9.17) is 9.47 Å². The van der Waals surface area contributed by atoms with Crippen molar-refractivity contribution in [3.63, 3.8) is 0 Å². The SMILES string of the molecule is CN(CCN1CCNCC1)CC1COc2ccccc2O1. The first-order valence-electron chi connectivity index (χ1n) is 7.81. The van der Waals surface area contributed by atoms with Crippen molar-refractivity contribution in [2.24, 2.45) is 0 Å². The van der Waals surface area contributed by atoms with E-state index in [9.17, 15) is 0 Å². The summed E-state index contributed by atoms with van der Waals surface area (Å²) >= 11 is 0. The van der Waals surface area contributed by atoms with Crippen molar-refractivity contribution >= 4 is 0 Å². The van der Waals surface area contributed by atoms with Gasteiger partial charge < -0.3 is 19.7 Å². The predicted molar refractivity (Wildman–Crippen MR) is 83.2 cm³/mol. The zero-order valence-electron chi connectivity index (χ0n) is 12.8. The Kier molecular flexibility index (Phi) is 4.95. The quantitative estimate of drug-likeness (QED) is 0.863. The molecule has 1 atom stereocenters. The van der Waals surface area contributed by atoms with E-state index in [0.29, 0.717) is 6.61 Å². The molecule has 116 valence electrons. The fourth-order valence-electron chi connectivity index (χ4n) is 2.84. The lowest BCUT2D eigenvalue weighted by Crippen LogP contribution is -2.47. The lowest BCUT2D eigenvalue weighted by atomic mass is 10.2. The highest BCUT2D eigenvalue weighted by Crippen LogP contribution is 2.30. The van der Waals surface area contributed by atoms with Gasteiger partial charge in [-0.25, -0.2) is 0 Å². The van der Waals surface area contributed by atoms with Crippen LogP contribution in [0.15, 0.2) is 24.3 Å². The van der Waals surface area contributed by atoms with Crippen LogP contribution in [0, 0.1) is 0 Å². The minimum absolute atomic E-state index is 0.118. The van der Waals surface area contributed by atoms with Gasteiger partial charge in [-0.3, -0.25) is 4.90 Å². The van der Waals surface area contributed by atoms with Gasteiger partial charge in [0.05, 0.1) is 0 Å². The molecule has 21 heavy (non-hydrogen) atoms. The third-order valence-electron chi connectivity index (χ3n) is 4.09. The van der Waals surface area contributed by atoms with Crippen molar-refractivity contribution in [1.29, 1.82) is 0 Å².